The molecule has 1 fully saturated rings. The molecule has 0 radical (unpaired) electrons. The Morgan fingerprint density at radius 1 is 1.26 bits per heavy atom. The first-order valence-electron chi connectivity index (χ1n) is 9.11. The zero-order valence-electron chi connectivity index (χ0n) is 15.2. The Morgan fingerprint density at radius 2 is 2.00 bits per heavy atom. The van der Waals surface area contributed by atoms with Crippen LogP contribution in [0.5, 0.6) is 0 Å². The lowest BCUT2D eigenvalue weighted by molar-refractivity contribution is -0.146. The number of hydrogen-bond donors (Lipinski definition) is 2. The number of nitrogens with two attached hydrogens (primary N) is 1. The molecule has 1 aliphatic rings. The van der Waals surface area contributed by atoms with Crippen molar-refractivity contribution in [3.63, 3.8) is 0 Å². The summed E-state index contributed by atoms with van der Waals surface area (Å²) in [7, 11) is 0. The van der Waals surface area contributed by atoms with Crippen molar-refractivity contribution in [1.29, 1.82) is 0 Å². The summed E-state index contributed by atoms with van der Waals surface area (Å²) in [6.07, 6.45) is 2.47. The number of aryl methyl sites for hydroxylation is 1. The number of nitrogens with one attached hydrogen (secondary N) is 1. The van der Waals surface area contributed by atoms with E-state index in [0.717, 1.165) is 30.4 Å². The van der Waals surface area contributed by atoms with Crippen molar-refractivity contribution in [3.8, 4) is 11.1 Å². The van der Waals surface area contributed by atoms with Gasteiger partial charge in [-0.05, 0) is 54.2 Å². The summed E-state index contributed by atoms with van der Waals surface area (Å²) in [6, 6.07) is 11.0. The SMILES string of the molecule is CCc1ccccc1-c1cc(F)cc(C(=O)NCC(N)C(=O)OC2CC2)c1. The highest BCUT2D eigenvalue weighted by Gasteiger charge is 2.28. The fraction of sp³-hybridized carbons (Fsp3) is 0.333. The van der Waals surface area contributed by atoms with Gasteiger partial charge in [0, 0.05) is 12.1 Å². The lowest BCUT2D eigenvalue weighted by Gasteiger charge is -2.13. The minimum absolute atomic E-state index is 0.0383. The lowest BCUT2D eigenvalue weighted by atomic mass is 9.96. The molecule has 0 spiro atoms. The summed E-state index contributed by atoms with van der Waals surface area (Å²) in [5.74, 6) is -1.52. The highest BCUT2D eigenvalue weighted by molar-refractivity contribution is 5.96. The molecule has 0 saturated heterocycles. The van der Waals surface area contributed by atoms with Gasteiger partial charge in [-0.15, -0.1) is 0 Å². The fourth-order valence-corrected chi connectivity index (χ4v) is 2.81. The molecule has 27 heavy (non-hydrogen) atoms. The van der Waals surface area contributed by atoms with Gasteiger partial charge in [-0.2, -0.15) is 0 Å². The van der Waals surface area contributed by atoms with E-state index in [2.05, 4.69) is 5.32 Å². The van der Waals surface area contributed by atoms with Crippen molar-refractivity contribution in [2.45, 2.75) is 38.3 Å². The average Bonchev–Trinajstić information content (AvgIpc) is 3.49. The lowest BCUT2D eigenvalue weighted by Crippen LogP contribution is -2.43. The third kappa shape index (κ3) is 4.92. The molecule has 3 N–H and O–H groups in total. The molecule has 0 aliphatic heterocycles. The van der Waals surface area contributed by atoms with Crippen LogP contribution in [0.25, 0.3) is 11.1 Å². The molecule has 1 atom stereocenters. The standard InChI is InChI=1S/C21H23FN2O3/c1-2-13-5-3-4-6-18(13)14-9-15(11-16(22)10-14)20(25)24-12-19(23)21(26)27-17-7-8-17/h3-6,9-11,17,19H,2,7-8,12,23H2,1H3,(H,24,25). The first kappa shape index (κ1) is 19.0. The summed E-state index contributed by atoms with van der Waals surface area (Å²) < 4.78 is 19.2. The molecule has 6 heteroatoms. The van der Waals surface area contributed by atoms with Gasteiger partial charge in [-0.1, -0.05) is 31.2 Å². The number of ether oxygens (including phenoxy) is 1. The molecule has 0 aromatic heterocycles. The number of amides is 1. The number of benzene rings is 2. The van der Waals surface area contributed by atoms with Gasteiger partial charge in [0.25, 0.3) is 5.91 Å². The summed E-state index contributed by atoms with van der Waals surface area (Å²) in [5, 5.41) is 2.58. The number of esters is 1. The van der Waals surface area contributed by atoms with Crippen LogP contribution in [-0.2, 0) is 16.0 Å². The molecular weight excluding hydrogens is 347 g/mol. The van der Waals surface area contributed by atoms with E-state index in [-0.39, 0.29) is 18.2 Å². The van der Waals surface area contributed by atoms with Crippen LogP contribution in [0.3, 0.4) is 0 Å². The predicted octanol–water partition coefficient (Wildman–Crippen LogP) is 2.82. The van der Waals surface area contributed by atoms with E-state index in [1.54, 1.807) is 6.07 Å². The van der Waals surface area contributed by atoms with Gasteiger partial charge in [0.2, 0.25) is 0 Å². The Hall–Kier alpha value is -2.73. The van der Waals surface area contributed by atoms with Gasteiger partial charge in [-0.3, -0.25) is 9.59 Å². The fourth-order valence-electron chi connectivity index (χ4n) is 2.81. The molecule has 1 unspecified atom stereocenters. The van der Waals surface area contributed by atoms with Crippen molar-refractivity contribution < 1.29 is 18.7 Å². The van der Waals surface area contributed by atoms with Gasteiger partial charge in [-0.25, -0.2) is 4.39 Å². The Bertz CT molecular complexity index is 849. The van der Waals surface area contributed by atoms with Crippen LogP contribution in [0, 0.1) is 5.82 Å². The third-order valence-electron chi connectivity index (χ3n) is 4.46. The minimum atomic E-state index is -0.941. The van der Waals surface area contributed by atoms with E-state index in [4.69, 9.17) is 10.5 Å². The van der Waals surface area contributed by atoms with Crippen LogP contribution in [0.1, 0.15) is 35.7 Å². The van der Waals surface area contributed by atoms with Crippen molar-refractivity contribution in [3.05, 3.63) is 59.4 Å². The molecule has 1 saturated carbocycles. The quantitative estimate of drug-likeness (QED) is 0.735. The Labute approximate surface area is 157 Å². The smallest absolute Gasteiger partial charge is 0.325 e. The normalized spacial score (nSPS) is 14.5. The number of halogens is 1. The van der Waals surface area contributed by atoms with Gasteiger partial charge in [0.05, 0.1) is 0 Å². The van der Waals surface area contributed by atoms with Crippen molar-refractivity contribution in [2.24, 2.45) is 5.73 Å². The summed E-state index contributed by atoms with van der Waals surface area (Å²) in [6.45, 7) is 1.95. The van der Waals surface area contributed by atoms with E-state index >= 15 is 0 Å². The molecule has 1 amide bonds. The van der Waals surface area contributed by atoms with Crippen LogP contribution < -0.4 is 11.1 Å². The van der Waals surface area contributed by atoms with E-state index in [9.17, 15) is 14.0 Å². The summed E-state index contributed by atoms with van der Waals surface area (Å²) in [5.41, 5.74) is 8.51. The molecule has 0 heterocycles. The molecule has 3 rings (SSSR count). The molecular formula is C21H23FN2O3. The van der Waals surface area contributed by atoms with Crippen molar-refractivity contribution in [1.82, 2.24) is 5.32 Å². The van der Waals surface area contributed by atoms with Crippen LogP contribution in [0.2, 0.25) is 0 Å². The van der Waals surface area contributed by atoms with E-state index in [1.165, 1.54) is 12.1 Å². The molecule has 2 aromatic carbocycles. The Balaban J connectivity index is 1.71. The second-order valence-electron chi connectivity index (χ2n) is 6.69. The van der Waals surface area contributed by atoms with E-state index in [1.807, 2.05) is 31.2 Å². The maximum atomic E-state index is 14.1. The minimum Gasteiger partial charge on any atom is -0.461 e. The second-order valence-corrected chi connectivity index (χ2v) is 6.69. The zero-order chi connectivity index (χ0) is 19.4. The molecule has 0 bridgehead atoms. The average molecular weight is 370 g/mol. The Kier molecular flexibility index (Phi) is 5.86. The maximum Gasteiger partial charge on any atom is 0.325 e. The first-order chi connectivity index (χ1) is 13.0. The van der Waals surface area contributed by atoms with E-state index in [0.29, 0.717) is 5.56 Å². The largest absolute Gasteiger partial charge is 0.461 e. The van der Waals surface area contributed by atoms with Gasteiger partial charge in [0.15, 0.2) is 0 Å². The van der Waals surface area contributed by atoms with Crippen LogP contribution in [-0.4, -0.2) is 30.6 Å². The number of carbonyl (C=O) groups excluding carboxylic acids is 2. The van der Waals surface area contributed by atoms with Gasteiger partial charge < -0.3 is 15.8 Å². The van der Waals surface area contributed by atoms with Gasteiger partial charge >= 0.3 is 5.97 Å². The number of carbonyl (C=O) groups is 2. The van der Waals surface area contributed by atoms with Crippen molar-refractivity contribution >= 4 is 11.9 Å². The monoisotopic (exact) mass is 370 g/mol. The zero-order valence-corrected chi connectivity index (χ0v) is 15.2. The van der Waals surface area contributed by atoms with Crippen molar-refractivity contribution in [2.75, 3.05) is 6.54 Å². The Morgan fingerprint density at radius 3 is 2.70 bits per heavy atom. The topological polar surface area (TPSA) is 81.4 Å². The highest BCUT2D eigenvalue weighted by atomic mass is 19.1. The third-order valence-corrected chi connectivity index (χ3v) is 4.46. The van der Waals surface area contributed by atoms with Gasteiger partial charge in [0.1, 0.15) is 18.0 Å². The number of hydrogen-bond acceptors (Lipinski definition) is 4. The maximum absolute atomic E-state index is 14.1. The summed E-state index contributed by atoms with van der Waals surface area (Å²) in [4.78, 5) is 24.2. The summed E-state index contributed by atoms with van der Waals surface area (Å²) >= 11 is 0. The molecule has 142 valence electrons. The van der Waals surface area contributed by atoms with Crippen LogP contribution >= 0.6 is 0 Å². The highest BCUT2D eigenvalue weighted by Crippen LogP contribution is 2.26. The second kappa shape index (κ2) is 8.31. The molecule has 2 aromatic rings. The molecule has 5 nitrogen and oxygen atoms in total. The number of rotatable bonds is 7. The van der Waals surface area contributed by atoms with E-state index < -0.39 is 23.7 Å². The van der Waals surface area contributed by atoms with Crippen LogP contribution in [0.15, 0.2) is 42.5 Å². The predicted molar refractivity (Wildman–Crippen MR) is 101 cm³/mol. The molecule has 1 aliphatic carbocycles. The first-order valence-corrected chi connectivity index (χ1v) is 9.11. The van der Waals surface area contributed by atoms with Crippen LogP contribution in [0.4, 0.5) is 4.39 Å².